The van der Waals surface area contributed by atoms with Gasteiger partial charge in [0.25, 0.3) is 5.22 Å². The maximum Gasteiger partial charge on any atom is 0.256 e. The van der Waals surface area contributed by atoms with Crippen LogP contribution in [0.5, 0.6) is 0 Å². The molecule has 2 heterocycles. The summed E-state index contributed by atoms with van der Waals surface area (Å²) < 4.78 is 18.5. The first-order valence-corrected chi connectivity index (χ1v) is 7.52. The zero-order valence-corrected chi connectivity index (χ0v) is 12.4. The number of oxazole rings is 1. The molecule has 0 aliphatic rings. The molecule has 3 rings (SSSR count). The molecule has 3 aromatic rings. The van der Waals surface area contributed by atoms with Crippen molar-refractivity contribution < 1.29 is 8.81 Å². The molecule has 0 bridgehead atoms. The number of thioether (sulfide) groups is 1. The van der Waals surface area contributed by atoms with Gasteiger partial charge in [0.15, 0.2) is 5.76 Å². The highest BCUT2D eigenvalue weighted by atomic mass is 35.5. The van der Waals surface area contributed by atoms with E-state index in [1.54, 1.807) is 30.6 Å². The molecule has 0 fully saturated rings. The van der Waals surface area contributed by atoms with Gasteiger partial charge in [0.1, 0.15) is 11.0 Å². The van der Waals surface area contributed by atoms with Gasteiger partial charge in [-0.1, -0.05) is 29.4 Å². The van der Waals surface area contributed by atoms with E-state index in [4.69, 9.17) is 16.0 Å². The Balaban J connectivity index is 1.67. The van der Waals surface area contributed by atoms with Crippen LogP contribution in [-0.2, 0) is 5.75 Å². The Morgan fingerprint density at radius 2 is 1.86 bits per heavy atom. The second-order valence-corrected chi connectivity index (χ2v) is 5.59. The van der Waals surface area contributed by atoms with Gasteiger partial charge < -0.3 is 4.42 Å². The maximum atomic E-state index is 12.9. The maximum absolute atomic E-state index is 12.9. The van der Waals surface area contributed by atoms with E-state index in [0.717, 1.165) is 11.1 Å². The number of rotatable bonds is 4. The first-order chi connectivity index (χ1) is 10.2. The summed E-state index contributed by atoms with van der Waals surface area (Å²) in [6.07, 6.45) is 3.36. The molecule has 2 aromatic heterocycles. The first kappa shape index (κ1) is 14.1. The van der Waals surface area contributed by atoms with E-state index in [-0.39, 0.29) is 5.82 Å². The van der Waals surface area contributed by atoms with Crippen molar-refractivity contribution in [3.05, 3.63) is 65.3 Å². The lowest BCUT2D eigenvalue weighted by molar-refractivity contribution is 0.466. The molecule has 0 saturated carbocycles. The minimum atomic E-state index is -0.275. The SMILES string of the molecule is Fc1ccc(-c2cnc(SCc3ccc(Cl)nc3)o2)cc1. The highest BCUT2D eigenvalue weighted by Crippen LogP contribution is 2.27. The van der Waals surface area contributed by atoms with E-state index in [0.29, 0.717) is 21.9 Å². The smallest absolute Gasteiger partial charge is 0.256 e. The van der Waals surface area contributed by atoms with E-state index in [2.05, 4.69) is 9.97 Å². The molecule has 0 radical (unpaired) electrons. The Bertz CT molecular complexity index is 728. The van der Waals surface area contributed by atoms with Crippen molar-refractivity contribution in [3.8, 4) is 11.3 Å². The lowest BCUT2D eigenvalue weighted by Crippen LogP contribution is -1.82. The quantitative estimate of drug-likeness (QED) is 0.510. The summed E-state index contributed by atoms with van der Waals surface area (Å²) in [4.78, 5) is 8.22. The largest absolute Gasteiger partial charge is 0.431 e. The molecular formula is C15H10ClFN2OS. The van der Waals surface area contributed by atoms with Crippen LogP contribution < -0.4 is 0 Å². The molecule has 0 amide bonds. The lowest BCUT2D eigenvalue weighted by atomic mass is 10.2. The van der Waals surface area contributed by atoms with Crippen LogP contribution in [0.1, 0.15) is 5.56 Å². The molecular weight excluding hydrogens is 311 g/mol. The van der Waals surface area contributed by atoms with Crippen molar-refractivity contribution in [1.82, 2.24) is 9.97 Å². The molecule has 0 spiro atoms. The number of aromatic nitrogens is 2. The van der Waals surface area contributed by atoms with Crippen molar-refractivity contribution in [2.24, 2.45) is 0 Å². The predicted molar refractivity (Wildman–Crippen MR) is 80.7 cm³/mol. The topological polar surface area (TPSA) is 38.9 Å². The van der Waals surface area contributed by atoms with Crippen LogP contribution in [0.15, 0.2) is 58.4 Å². The number of nitrogens with zero attached hydrogens (tertiary/aromatic N) is 2. The van der Waals surface area contributed by atoms with Gasteiger partial charge in [0.05, 0.1) is 6.20 Å². The van der Waals surface area contributed by atoms with Gasteiger partial charge in [-0.05, 0) is 35.9 Å². The van der Waals surface area contributed by atoms with E-state index >= 15 is 0 Å². The molecule has 1 aromatic carbocycles. The second-order valence-electron chi connectivity index (χ2n) is 4.28. The van der Waals surface area contributed by atoms with E-state index in [1.165, 1.54) is 23.9 Å². The monoisotopic (exact) mass is 320 g/mol. The van der Waals surface area contributed by atoms with E-state index in [1.807, 2.05) is 6.07 Å². The zero-order chi connectivity index (χ0) is 14.7. The Morgan fingerprint density at radius 1 is 1.05 bits per heavy atom. The summed E-state index contributed by atoms with van der Waals surface area (Å²) in [5.41, 5.74) is 1.83. The van der Waals surface area contributed by atoms with Gasteiger partial charge in [0, 0.05) is 17.5 Å². The fourth-order valence-electron chi connectivity index (χ4n) is 1.71. The van der Waals surface area contributed by atoms with Crippen molar-refractivity contribution in [2.75, 3.05) is 0 Å². The van der Waals surface area contributed by atoms with Gasteiger partial charge in [-0.2, -0.15) is 0 Å². The molecule has 0 atom stereocenters. The van der Waals surface area contributed by atoms with Crippen LogP contribution in [0, 0.1) is 5.82 Å². The molecule has 3 nitrogen and oxygen atoms in total. The molecule has 106 valence electrons. The summed E-state index contributed by atoms with van der Waals surface area (Å²) in [6, 6.07) is 9.76. The van der Waals surface area contributed by atoms with E-state index in [9.17, 15) is 4.39 Å². The van der Waals surface area contributed by atoms with Gasteiger partial charge in [0.2, 0.25) is 0 Å². The Labute approximate surface area is 130 Å². The van der Waals surface area contributed by atoms with Gasteiger partial charge in [-0.15, -0.1) is 0 Å². The van der Waals surface area contributed by atoms with Crippen LogP contribution in [0.3, 0.4) is 0 Å². The molecule has 6 heteroatoms. The molecule has 21 heavy (non-hydrogen) atoms. The number of benzene rings is 1. The van der Waals surface area contributed by atoms with Crippen LogP contribution in [0.4, 0.5) is 4.39 Å². The fourth-order valence-corrected chi connectivity index (χ4v) is 2.56. The van der Waals surface area contributed by atoms with E-state index < -0.39 is 0 Å². The van der Waals surface area contributed by atoms with Crippen LogP contribution in [-0.4, -0.2) is 9.97 Å². The lowest BCUT2D eigenvalue weighted by Gasteiger charge is -1.98. The molecule has 0 unspecified atom stereocenters. The van der Waals surface area contributed by atoms with Gasteiger partial charge in [-0.25, -0.2) is 14.4 Å². The minimum Gasteiger partial charge on any atom is -0.431 e. The summed E-state index contributed by atoms with van der Waals surface area (Å²) in [5.74, 6) is 1.03. The Hall–Kier alpha value is -1.85. The average molecular weight is 321 g/mol. The third-order valence-electron chi connectivity index (χ3n) is 2.76. The standard InChI is InChI=1S/C15H10ClFN2OS/c16-14-6-1-10(7-18-14)9-21-15-19-8-13(20-15)11-2-4-12(17)5-3-11/h1-8H,9H2. The second kappa shape index (κ2) is 6.28. The van der Waals surface area contributed by atoms with Crippen LogP contribution >= 0.6 is 23.4 Å². The summed E-state index contributed by atoms with van der Waals surface area (Å²) in [6.45, 7) is 0. The Kier molecular flexibility index (Phi) is 4.22. The number of halogens is 2. The van der Waals surface area contributed by atoms with Crippen molar-refractivity contribution in [1.29, 1.82) is 0 Å². The van der Waals surface area contributed by atoms with Crippen molar-refractivity contribution >= 4 is 23.4 Å². The first-order valence-electron chi connectivity index (χ1n) is 6.16. The summed E-state index contributed by atoms with van der Waals surface area (Å²) in [7, 11) is 0. The van der Waals surface area contributed by atoms with Gasteiger partial charge in [-0.3, -0.25) is 0 Å². The number of hydrogen-bond acceptors (Lipinski definition) is 4. The van der Waals surface area contributed by atoms with Crippen LogP contribution in [0.2, 0.25) is 5.15 Å². The summed E-state index contributed by atoms with van der Waals surface area (Å²) >= 11 is 7.20. The zero-order valence-electron chi connectivity index (χ0n) is 10.8. The third kappa shape index (κ3) is 3.62. The van der Waals surface area contributed by atoms with Crippen molar-refractivity contribution in [2.45, 2.75) is 11.0 Å². The number of hydrogen-bond donors (Lipinski definition) is 0. The Morgan fingerprint density at radius 3 is 2.57 bits per heavy atom. The third-order valence-corrected chi connectivity index (χ3v) is 3.90. The fraction of sp³-hybridized carbons (Fsp3) is 0.0667. The molecule has 0 N–H and O–H groups in total. The summed E-state index contributed by atoms with van der Waals surface area (Å²) in [5, 5.41) is 1.03. The number of pyridine rings is 1. The highest BCUT2D eigenvalue weighted by Gasteiger charge is 2.07. The molecule has 0 aliphatic heterocycles. The molecule has 0 saturated heterocycles. The molecule has 0 aliphatic carbocycles. The van der Waals surface area contributed by atoms with Gasteiger partial charge >= 0.3 is 0 Å². The van der Waals surface area contributed by atoms with Crippen molar-refractivity contribution in [3.63, 3.8) is 0 Å². The average Bonchev–Trinajstić information content (AvgIpc) is 2.96. The predicted octanol–water partition coefficient (Wildman–Crippen LogP) is 4.82. The normalized spacial score (nSPS) is 10.8. The highest BCUT2D eigenvalue weighted by molar-refractivity contribution is 7.98. The van der Waals surface area contributed by atoms with Crippen LogP contribution in [0.25, 0.3) is 11.3 Å². The minimum absolute atomic E-state index is 0.275.